The van der Waals surface area contributed by atoms with Crippen LogP contribution in [0, 0.1) is 0 Å². The molecule has 4 rings (SSSR count). The molecule has 0 spiro atoms. The van der Waals surface area contributed by atoms with Crippen molar-refractivity contribution in [2.75, 3.05) is 36.0 Å². The molecule has 0 radical (unpaired) electrons. The first-order valence-corrected chi connectivity index (χ1v) is 9.69. The van der Waals surface area contributed by atoms with Crippen LogP contribution < -0.4 is 16.4 Å². The molecule has 0 bridgehead atoms. The van der Waals surface area contributed by atoms with Crippen molar-refractivity contribution in [2.45, 2.75) is 19.3 Å². The number of nitrogens with zero attached hydrogens (tertiary/aromatic N) is 5. The van der Waals surface area contributed by atoms with E-state index in [2.05, 4.69) is 25.6 Å². The number of likely N-dealkylation sites (tertiary alicyclic amines) is 1. The van der Waals surface area contributed by atoms with Gasteiger partial charge in [-0.1, -0.05) is 0 Å². The first kappa shape index (κ1) is 18.7. The number of hydrogen-bond acceptors (Lipinski definition) is 7. The summed E-state index contributed by atoms with van der Waals surface area (Å²) < 4.78 is 1.93. The van der Waals surface area contributed by atoms with Crippen molar-refractivity contribution in [3.63, 3.8) is 0 Å². The number of anilines is 4. The highest BCUT2D eigenvalue weighted by atomic mass is 16.2. The first-order valence-electron chi connectivity index (χ1n) is 9.69. The largest absolute Gasteiger partial charge is 0.370 e. The van der Waals surface area contributed by atoms with Crippen molar-refractivity contribution in [1.82, 2.24) is 24.4 Å². The fraction of sp³-hybridized carbons (Fsp3) is 0.300. The van der Waals surface area contributed by atoms with Gasteiger partial charge in [-0.2, -0.15) is 9.97 Å². The summed E-state index contributed by atoms with van der Waals surface area (Å²) in [6, 6.07) is 9.74. The van der Waals surface area contributed by atoms with Gasteiger partial charge in [0, 0.05) is 55.9 Å². The Bertz CT molecular complexity index is 955. The monoisotopic (exact) mass is 392 g/mol. The van der Waals surface area contributed by atoms with Crippen LogP contribution in [0.4, 0.5) is 23.3 Å². The fourth-order valence-electron chi connectivity index (χ4n) is 3.32. The number of amides is 1. The molecule has 2 aromatic heterocycles. The molecule has 1 amide bonds. The number of rotatable bonds is 8. The molecule has 1 aliphatic rings. The van der Waals surface area contributed by atoms with Gasteiger partial charge in [-0.15, -0.1) is 0 Å². The van der Waals surface area contributed by atoms with Gasteiger partial charge in [-0.05, 0) is 37.1 Å². The van der Waals surface area contributed by atoms with Gasteiger partial charge in [0.25, 0.3) is 0 Å². The second-order valence-corrected chi connectivity index (χ2v) is 6.90. The Balaban J connectivity index is 1.33. The molecule has 3 heterocycles. The molecule has 29 heavy (non-hydrogen) atoms. The van der Waals surface area contributed by atoms with E-state index in [1.807, 2.05) is 46.0 Å². The summed E-state index contributed by atoms with van der Waals surface area (Å²) in [7, 11) is 0. The number of benzene rings is 1. The SMILES string of the molecule is Nc1nc(NCCCN2CCCC2=O)cc(Nc2ccc(-n3ccnc3)cc2)n1. The second-order valence-electron chi connectivity index (χ2n) is 6.90. The van der Waals surface area contributed by atoms with Gasteiger partial charge in [0.05, 0.1) is 6.33 Å². The summed E-state index contributed by atoms with van der Waals surface area (Å²) in [5.41, 5.74) is 7.77. The zero-order valence-electron chi connectivity index (χ0n) is 16.1. The number of nitrogens with one attached hydrogen (secondary N) is 2. The molecular weight excluding hydrogens is 368 g/mol. The number of hydrogen-bond donors (Lipinski definition) is 3. The smallest absolute Gasteiger partial charge is 0.223 e. The Morgan fingerprint density at radius 2 is 1.97 bits per heavy atom. The van der Waals surface area contributed by atoms with Crippen LogP contribution in [0.2, 0.25) is 0 Å². The lowest BCUT2D eigenvalue weighted by Crippen LogP contribution is -2.27. The first-order chi connectivity index (χ1) is 14.2. The number of aromatic nitrogens is 4. The van der Waals surface area contributed by atoms with Crippen LogP contribution in [-0.2, 0) is 4.79 Å². The lowest BCUT2D eigenvalue weighted by molar-refractivity contribution is -0.127. The van der Waals surface area contributed by atoms with E-state index in [0.717, 1.165) is 37.3 Å². The Morgan fingerprint density at radius 3 is 2.69 bits per heavy atom. The van der Waals surface area contributed by atoms with Gasteiger partial charge >= 0.3 is 0 Å². The standard InChI is InChI=1S/C20H24N8O/c21-20-25-17(23-8-2-11-27-10-1-3-19(27)29)13-18(26-20)24-15-4-6-16(7-5-15)28-12-9-22-14-28/h4-7,9,12-14H,1-3,8,10-11H2,(H4,21,23,24,25,26). The third kappa shape index (κ3) is 4.81. The average molecular weight is 392 g/mol. The van der Waals surface area contributed by atoms with Crippen molar-refractivity contribution in [3.8, 4) is 5.69 Å². The summed E-state index contributed by atoms with van der Waals surface area (Å²) >= 11 is 0. The number of nitrogens with two attached hydrogens (primary N) is 1. The van der Waals surface area contributed by atoms with Crippen molar-refractivity contribution in [3.05, 3.63) is 49.1 Å². The van der Waals surface area contributed by atoms with E-state index in [1.165, 1.54) is 0 Å². The molecule has 0 unspecified atom stereocenters. The zero-order chi connectivity index (χ0) is 20.1. The van der Waals surface area contributed by atoms with Crippen LogP contribution in [0.15, 0.2) is 49.1 Å². The second kappa shape index (κ2) is 8.59. The van der Waals surface area contributed by atoms with Crippen LogP contribution in [-0.4, -0.2) is 50.0 Å². The summed E-state index contributed by atoms with van der Waals surface area (Å²) in [6.07, 6.45) is 7.89. The summed E-state index contributed by atoms with van der Waals surface area (Å²) in [5, 5.41) is 6.51. The lowest BCUT2D eigenvalue weighted by atomic mass is 10.2. The van der Waals surface area contributed by atoms with Gasteiger partial charge in [-0.3, -0.25) is 4.79 Å². The molecule has 0 aliphatic carbocycles. The van der Waals surface area contributed by atoms with Crippen molar-refractivity contribution >= 4 is 29.2 Å². The molecule has 1 aliphatic heterocycles. The van der Waals surface area contributed by atoms with Crippen LogP contribution in [0.1, 0.15) is 19.3 Å². The lowest BCUT2D eigenvalue weighted by Gasteiger charge is -2.15. The Labute approximate surface area is 169 Å². The summed E-state index contributed by atoms with van der Waals surface area (Å²) in [6.45, 7) is 2.34. The zero-order valence-corrected chi connectivity index (χ0v) is 16.1. The summed E-state index contributed by atoms with van der Waals surface area (Å²) in [4.78, 5) is 26.1. The van der Waals surface area contributed by atoms with Gasteiger partial charge in [0.15, 0.2) is 0 Å². The molecule has 4 N–H and O–H groups in total. The van der Waals surface area contributed by atoms with E-state index in [0.29, 0.717) is 24.6 Å². The van der Waals surface area contributed by atoms with E-state index in [4.69, 9.17) is 5.73 Å². The van der Waals surface area contributed by atoms with E-state index in [-0.39, 0.29) is 11.9 Å². The highest BCUT2D eigenvalue weighted by Crippen LogP contribution is 2.20. The third-order valence-corrected chi connectivity index (χ3v) is 4.77. The average Bonchev–Trinajstić information content (AvgIpc) is 3.38. The van der Waals surface area contributed by atoms with Crippen LogP contribution in [0.25, 0.3) is 5.69 Å². The topological polar surface area (TPSA) is 114 Å². The molecule has 9 nitrogen and oxygen atoms in total. The Hall–Kier alpha value is -3.62. The van der Waals surface area contributed by atoms with Crippen LogP contribution >= 0.6 is 0 Å². The maximum atomic E-state index is 11.6. The quantitative estimate of drug-likeness (QED) is 0.504. The van der Waals surface area contributed by atoms with Crippen molar-refractivity contribution in [1.29, 1.82) is 0 Å². The molecule has 1 fully saturated rings. The minimum absolute atomic E-state index is 0.197. The minimum Gasteiger partial charge on any atom is -0.370 e. The normalized spacial score (nSPS) is 13.7. The predicted octanol–water partition coefficient (Wildman–Crippen LogP) is 2.41. The van der Waals surface area contributed by atoms with Crippen molar-refractivity contribution < 1.29 is 4.79 Å². The van der Waals surface area contributed by atoms with Crippen LogP contribution in [0.3, 0.4) is 0 Å². The number of carbonyl (C=O) groups excluding carboxylic acids is 1. The highest BCUT2D eigenvalue weighted by Gasteiger charge is 2.18. The number of carbonyl (C=O) groups is 1. The number of nitrogen functional groups attached to an aromatic ring is 1. The molecule has 0 saturated carbocycles. The third-order valence-electron chi connectivity index (χ3n) is 4.77. The molecule has 1 aromatic carbocycles. The minimum atomic E-state index is 0.197. The van der Waals surface area contributed by atoms with Crippen LogP contribution in [0.5, 0.6) is 0 Å². The Kier molecular flexibility index (Phi) is 5.55. The fourth-order valence-corrected chi connectivity index (χ4v) is 3.32. The molecule has 150 valence electrons. The van der Waals surface area contributed by atoms with Gasteiger partial charge in [0.1, 0.15) is 11.6 Å². The van der Waals surface area contributed by atoms with E-state index >= 15 is 0 Å². The molecule has 0 atom stereocenters. The van der Waals surface area contributed by atoms with E-state index in [9.17, 15) is 4.79 Å². The molecule has 3 aromatic rings. The maximum Gasteiger partial charge on any atom is 0.223 e. The highest BCUT2D eigenvalue weighted by molar-refractivity contribution is 5.78. The van der Waals surface area contributed by atoms with E-state index < -0.39 is 0 Å². The number of imidazole rings is 1. The van der Waals surface area contributed by atoms with E-state index in [1.54, 1.807) is 12.5 Å². The van der Waals surface area contributed by atoms with Gasteiger partial charge in [-0.25, -0.2) is 4.98 Å². The Morgan fingerprint density at radius 1 is 1.14 bits per heavy atom. The van der Waals surface area contributed by atoms with Gasteiger partial charge < -0.3 is 25.8 Å². The maximum absolute atomic E-state index is 11.6. The van der Waals surface area contributed by atoms with Crippen molar-refractivity contribution in [2.24, 2.45) is 0 Å². The van der Waals surface area contributed by atoms with Gasteiger partial charge in [0.2, 0.25) is 11.9 Å². The molecule has 1 saturated heterocycles. The molecule has 9 heteroatoms. The summed E-state index contributed by atoms with van der Waals surface area (Å²) in [5.74, 6) is 1.72. The molecular formula is C20H24N8O. The predicted molar refractivity (Wildman–Crippen MR) is 112 cm³/mol.